The van der Waals surface area contributed by atoms with E-state index in [9.17, 15) is 9.59 Å². The molecule has 0 aliphatic heterocycles. The minimum Gasteiger partial charge on any atom is -0.461 e. The van der Waals surface area contributed by atoms with Crippen LogP contribution in [0.2, 0.25) is 0 Å². The molecule has 0 aromatic rings. The normalized spacial score (nSPS) is 24.7. The molecule has 0 spiro atoms. The fraction of sp³-hybridized carbons (Fsp3) is 0.913. The van der Waals surface area contributed by atoms with E-state index in [4.69, 9.17) is 14.2 Å². The van der Waals surface area contributed by atoms with Gasteiger partial charge in [-0.05, 0) is 86.0 Å². The van der Waals surface area contributed by atoms with Crippen LogP contribution in [0.3, 0.4) is 0 Å². The van der Waals surface area contributed by atoms with Crippen LogP contribution in [0, 0.1) is 22.7 Å². The topological polar surface area (TPSA) is 61.8 Å². The van der Waals surface area contributed by atoms with E-state index in [0.29, 0.717) is 5.92 Å². The Bertz CT molecular complexity index is 516. The standard InChI is InChI=1S/C23H42O5/c1-16(2)17-10-12-23(9,13-11-17)27-15-18(28-20(25)22(6,7)8)14-26-19(24)21(3,4)5/h16-18H,10-15H2,1-9H3. The second-order valence-electron chi connectivity index (χ2n) is 11.0. The van der Waals surface area contributed by atoms with E-state index in [1.54, 1.807) is 20.8 Å². The summed E-state index contributed by atoms with van der Waals surface area (Å²) in [5.74, 6) is 0.815. The Balaban J connectivity index is 2.69. The van der Waals surface area contributed by atoms with Gasteiger partial charge in [0.05, 0.1) is 23.0 Å². The average molecular weight is 399 g/mol. The Kier molecular flexibility index (Phi) is 8.55. The summed E-state index contributed by atoms with van der Waals surface area (Å²) >= 11 is 0. The first-order valence-corrected chi connectivity index (χ1v) is 10.7. The monoisotopic (exact) mass is 398 g/mol. The van der Waals surface area contributed by atoms with Gasteiger partial charge in [-0.3, -0.25) is 9.59 Å². The third-order valence-electron chi connectivity index (χ3n) is 5.55. The zero-order valence-electron chi connectivity index (χ0n) is 19.5. The van der Waals surface area contributed by atoms with E-state index in [1.165, 1.54) is 0 Å². The first kappa shape index (κ1) is 24.9. The van der Waals surface area contributed by atoms with Gasteiger partial charge in [-0.15, -0.1) is 0 Å². The first-order valence-electron chi connectivity index (χ1n) is 10.7. The van der Waals surface area contributed by atoms with Crippen LogP contribution in [-0.4, -0.2) is 36.9 Å². The fourth-order valence-corrected chi connectivity index (χ4v) is 3.19. The molecule has 0 radical (unpaired) electrons. The van der Waals surface area contributed by atoms with Crippen molar-refractivity contribution in [3.05, 3.63) is 0 Å². The van der Waals surface area contributed by atoms with Gasteiger partial charge in [0.15, 0.2) is 6.10 Å². The number of carbonyl (C=O) groups is 2. The average Bonchev–Trinajstić information content (AvgIpc) is 2.55. The SMILES string of the molecule is CC(C)C1CCC(C)(OCC(COC(=O)C(C)(C)C)OC(=O)C(C)(C)C)CC1. The molecule has 0 heterocycles. The summed E-state index contributed by atoms with van der Waals surface area (Å²) in [6.07, 6.45) is 3.70. The molecule has 28 heavy (non-hydrogen) atoms. The molecule has 1 aliphatic carbocycles. The van der Waals surface area contributed by atoms with Crippen molar-refractivity contribution in [1.82, 2.24) is 0 Å². The number of ether oxygens (including phenoxy) is 3. The van der Waals surface area contributed by atoms with Gasteiger partial charge in [0.25, 0.3) is 0 Å². The quantitative estimate of drug-likeness (QED) is 0.555. The maximum Gasteiger partial charge on any atom is 0.311 e. The van der Waals surface area contributed by atoms with Crippen molar-refractivity contribution in [3.8, 4) is 0 Å². The number of hydrogen-bond donors (Lipinski definition) is 0. The second-order valence-corrected chi connectivity index (χ2v) is 11.0. The van der Waals surface area contributed by atoms with Crippen LogP contribution >= 0.6 is 0 Å². The van der Waals surface area contributed by atoms with Gasteiger partial charge in [0.2, 0.25) is 0 Å². The third-order valence-corrected chi connectivity index (χ3v) is 5.55. The Morgan fingerprint density at radius 1 is 0.929 bits per heavy atom. The molecular formula is C23H42O5. The minimum absolute atomic E-state index is 0.0165. The summed E-state index contributed by atoms with van der Waals surface area (Å²) in [5, 5.41) is 0. The predicted molar refractivity (Wildman–Crippen MR) is 111 cm³/mol. The summed E-state index contributed by atoms with van der Waals surface area (Å²) in [6.45, 7) is 17.8. The Hall–Kier alpha value is -1.10. The van der Waals surface area contributed by atoms with Gasteiger partial charge in [0, 0.05) is 0 Å². The van der Waals surface area contributed by atoms with Gasteiger partial charge in [-0.1, -0.05) is 13.8 Å². The fourth-order valence-electron chi connectivity index (χ4n) is 3.19. The van der Waals surface area contributed by atoms with Crippen molar-refractivity contribution in [1.29, 1.82) is 0 Å². The Labute approximate surface area is 171 Å². The largest absolute Gasteiger partial charge is 0.461 e. The van der Waals surface area contributed by atoms with Crippen molar-refractivity contribution < 1.29 is 23.8 Å². The zero-order valence-corrected chi connectivity index (χ0v) is 19.5. The molecule has 1 fully saturated rings. The van der Waals surface area contributed by atoms with Crippen molar-refractivity contribution in [2.45, 2.75) is 99.7 Å². The van der Waals surface area contributed by atoms with Crippen LogP contribution in [0.1, 0.15) is 88.0 Å². The second kappa shape index (κ2) is 9.60. The van der Waals surface area contributed by atoms with Gasteiger partial charge in [-0.25, -0.2) is 0 Å². The number of esters is 2. The highest BCUT2D eigenvalue weighted by Crippen LogP contribution is 2.38. The number of hydrogen-bond acceptors (Lipinski definition) is 5. The van der Waals surface area contributed by atoms with Crippen molar-refractivity contribution in [3.63, 3.8) is 0 Å². The van der Waals surface area contributed by atoms with Crippen molar-refractivity contribution in [2.75, 3.05) is 13.2 Å². The summed E-state index contributed by atoms with van der Waals surface area (Å²) in [4.78, 5) is 24.5. The van der Waals surface area contributed by atoms with Crippen LogP contribution in [0.25, 0.3) is 0 Å². The Morgan fingerprint density at radius 2 is 1.43 bits per heavy atom. The summed E-state index contributed by atoms with van der Waals surface area (Å²) in [6, 6.07) is 0. The van der Waals surface area contributed by atoms with Crippen LogP contribution in [0.4, 0.5) is 0 Å². The van der Waals surface area contributed by atoms with Gasteiger partial charge in [0.1, 0.15) is 6.61 Å². The van der Waals surface area contributed by atoms with Gasteiger partial charge < -0.3 is 14.2 Å². The molecule has 0 aromatic carbocycles. The molecule has 0 bridgehead atoms. The van der Waals surface area contributed by atoms with Crippen LogP contribution < -0.4 is 0 Å². The van der Waals surface area contributed by atoms with Gasteiger partial charge in [-0.2, -0.15) is 0 Å². The lowest BCUT2D eigenvalue weighted by molar-refractivity contribution is -0.178. The highest BCUT2D eigenvalue weighted by Gasteiger charge is 2.35. The van der Waals surface area contributed by atoms with Gasteiger partial charge >= 0.3 is 11.9 Å². The van der Waals surface area contributed by atoms with E-state index in [1.807, 2.05) is 20.8 Å². The van der Waals surface area contributed by atoms with E-state index >= 15 is 0 Å². The van der Waals surface area contributed by atoms with Crippen molar-refractivity contribution >= 4 is 11.9 Å². The molecule has 1 atom stereocenters. The highest BCUT2D eigenvalue weighted by atomic mass is 16.6. The molecule has 5 heteroatoms. The zero-order chi connectivity index (χ0) is 21.8. The first-order chi connectivity index (χ1) is 12.6. The maximum absolute atomic E-state index is 12.3. The highest BCUT2D eigenvalue weighted by molar-refractivity contribution is 5.76. The minimum atomic E-state index is -0.620. The molecular weight excluding hydrogens is 356 g/mol. The molecule has 1 saturated carbocycles. The molecule has 164 valence electrons. The molecule has 0 N–H and O–H groups in total. The molecule has 1 aliphatic rings. The molecule has 0 aromatic heterocycles. The third kappa shape index (κ3) is 8.10. The lowest BCUT2D eigenvalue weighted by Gasteiger charge is -2.39. The number of carbonyl (C=O) groups excluding carboxylic acids is 2. The van der Waals surface area contributed by atoms with Crippen LogP contribution in [0.5, 0.6) is 0 Å². The lowest BCUT2D eigenvalue weighted by atomic mass is 9.75. The molecule has 0 saturated heterocycles. The smallest absolute Gasteiger partial charge is 0.311 e. The summed E-state index contributed by atoms with van der Waals surface area (Å²) in [7, 11) is 0. The Morgan fingerprint density at radius 3 is 1.86 bits per heavy atom. The van der Waals surface area contributed by atoms with E-state index < -0.39 is 16.9 Å². The molecule has 5 nitrogen and oxygen atoms in total. The predicted octanol–water partition coefficient (Wildman–Crippen LogP) is 5.16. The van der Waals surface area contributed by atoms with Crippen LogP contribution in [0.15, 0.2) is 0 Å². The molecule has 0 amide bonds. The van der Waals surface area contributed by atoms with E-state index in [-0.39, 0.29) is 30.8 Å². The van der Waals surface area contributed by atoms with E-state index in [0.717, 1.165) is 31.6 Å². The lowest BCUT2D eigenvalue weighted by Crippen LogP contribution is -2.41. The number of rotatable bonds is 7. The maximum atomic E-state index is 12.3. The van der Waals surface area contributed by atoms with Crippen LogP contribution in [-0.2, 0) is 23.8 Å². The summed E-state index contributed by atoms with van der Waals surface area (Å²) in [5.41, 5.74) is -1.43. The summed E-state index contributed by atoms with van der Waals surface area (Å²) < 4.78 is 17.3. The van der Waals surface area contributed by atoms with E-state index in [2.05, 4.69) is 20.8 Å². The molecule has 1 rings (SSSR count). The molecule has 1 unspecified atom stereocenters. The van der Waals surface area contributed by atoms with Crippen molar-refractivity contribution in [2.24, 2.45) is 22.7 Å².